The SMILES string of the molecule is CCOc1ccc(-c2ccc(CC/C=C/F)cc2)cc1. The zero-order valence-corrected chi connectivity index (χ0v) is 11.7. The van der Waals surface area contributed by atoms with Crippen LogP contribution in [0.1, 0.15) is 18.9 Å². The molecule has 2 aromatic carbocycles. The van der Waals surface area contributed by atoms with Crippen molar-refractivity contribution in [2.75, 3.05) is 6.61 Å². The minimum Gasteiger partial charge on any atom is -0.494 e. The summed E-state index contributed by atoms with van der Waals surface area (Å²) in [6.45, 7) is 2.66. The third-order valence-corrected chi connectivity index (χ3v) is 3.14. The van der Waals surface area contributed by atoms with E-state index in [-0.39, 0.29) is 0 Å². The van der Waals surface area contributed by atoms with Crippen molar-refractivity contribution in [3.63, 3.8) is 0 Å². The zero-order valence-electron chi connectivity index (χ0n) is 11.7. The van der Waals surface area contributed by atoms with Crippen LogP contribution in [0.4, 0.5) is 4.39 Å². The van der Waals surface area contributed by atoms with Gasteiger partial charge in [-0.1, -0.05) is 42.5 Å². The zero-order chi connectivity index (χ0) is 14.2. The van der Waals surface area contributed by atoms with Gasteiger partial charge in [0.25, 0.3) is 0 Å². The van der Waals surface area contributed by atoms with E-state index in [0.29, 0.717) is 12.9 Å². The van der Waals surface area contributed by atoms with Gasteiger partial charge in [0.05, 0.1) is 12.9 Å². The second-order valence-electron chi connectivity index (χ2n) is 4.55. The highest BCUT2D eigenvalue weighted by Crippen LogP contribution is 2.23. The molecule has 0 unspecified atom stereocenters. The van der Waals surface area contributed by atoms with Crippen LogP contribution < -0.4 is 4.74 Å². The number of rotatable bonds is 6. The van der Waals surface area contributed by atoms with Gasteiger partial charge < -0.3 is 4.74 Å². The van der Waals surface area contributed by atoms with Crippen LogP contribution in [-0.2, 0) is 6.42 Å². The molecule has 0 radical (unpaired) electrons. The van der Waals surface area contributed by atoms with E-state index < -0.39 is 0 Å². The van der Waals surface area contributed by atoms with Crippen molar-refractivity contribution in [3.8, 4) is 16.9 Å². The Morgan fingerprint density at radius 1 is 0.950 bits per heavy atom. The van der Waals surface area contributed by atoms with Crippen molar-refractivity contribution in [1.29, 1.82) is 0 Å². The number of allylic oxidation sites excluding steroid dienone is 1. The molecule has 0 bridgehead atoms. The quantitative estimate of drug-likeness (QED) is 0.703. The summed E-state index contributed by atoms with van der Waals surface area (Å²) >= 11 is 0. The molecule has 0 fully saturated rings. The summed E-state index contributed by atoms with van der Waals surface area (Å²) in [7, 11) is 0. The van der Waals surface area contributed by atoms with Gasteiger partial charge in [0.2, 0.25) is 0 Å². The Bertz CT molecular complexity index is 541. The fraction of sp³-hybridized carbons (Fsp3) is 0.222. The second kappa shape index (κ2) is 7.49. The number of halogens is 1. The van der Waals surface area contributed by atoms with Crippen LogP contribution >= 0.6 is 0 Å². The van der Waals surface area contributed by atoms with Gasteiger partial charge in [0.15, 0.2) is 0 Å². The third-order valence-electron chi connectivity index (χ3n) is 3.14. The van der Waals surface area contributed by atoms with Crippen molar-refractivity contribution in [2.45, 2.75) is 19.8 Å². The van der Waals surface area contributed by atoms with E-state index in [0.717, 1.165) is 18.6 Å². The van der Waals surface area contributed by atoms with E-state index >= 15 is 0 Å². The van der Waals surface area contributed by atoms with Gasteiger partial charge in [0.1, 0.15) is 5.75 Å². The first-order valence-electron chi connectivity index (χ1n) is 6.91. The van der Waals surface area contributed by atoms with Crippen LogP contribution in [0.25, 0.3) is 11.1 Å². The summed E-state index contributed by atoms with van der Waals surface area (Å²) in [6.07, 6.45) is 3.75. The Morgan fingerprint density at radius 3 is 2.10 bits per heavy atom. The van der Waals surface area contributed by atoms with E-state index in [9.17, 15) is 4.39 Å². The molecule has 1 nitrogen and oxygen atoms in total. The van der Waals surface area contributed by atoms with Gasteiger partial charge in [-0.25, -0.2) is 4.39 Å². The van der Waals surface area contributed by atoms with Crippen LogP contribution in [-0.4, -0.2) is 6.61 Å². The summed E-state index contributed by atoms with van der Waals surface area (Å²) in [5.41, 5.74) is 3.57. The fourth-order valence-corrected chi connectivity index (χ4v) is 2.09. The molecule has 20 heavy (non-hydrogen) atoms. The summed E-state index contributed by atoms with van der Waals surface area (Å²) < 4.78 is 17.3. The molecule has 2 rings (SSSR count). The summed E-state index contributed by atoms with van der Waals surface area (Å²) in [6, 6.07) is 16.5. The number of aryl methyl sites for hydroxylation is 1. The molecule has 0 heterocycles. The first-order valence-corrected chi connectivity index (χ1v) is 6.91. The maximum absolute atomic E-state index is 11.9. The fourth-order valence-electron chi connectivity index (χ4n) is 2.09. The molecule has 2 heteroatoms. The molecule has 2 aromatic rings. The highest BCUT2D eigenvalue weighted by molar-refractivity contribution is 5.64. The Morgan fingerprint density at radius 2 is 1.55 bits per heavy atom. The normalized spacial score (nSPS) is 10.9. The van der Waals surface area contributed by atoms with Gasteiger partial charge >= 0.3 is 0 Å². The van der Waals surface area contributed by atoms with Gasteiger partial charge in [-0.2, -0.15) is 0 Å². The van der Waals surface area contributed by atoms with Crippen LogP contribution in [0.2, 0.25) is 0 Å². The number of hydrogen-bond acceptors (Lipinski definition) is 1. The van der Waals surface area contributed by atoms with Crippen LogP contribution in [0.5, 0.6) is 5.75 Å². The molecule has 0 atom stereocenters. The van der Waals surface area contributed by atoms with Crippen molar-refractivity contribution < 1.29 is 9.13 Å². The van der Waals surface area contributed by atoms with Crippen molar-refractivity contribution in [2.24, 2.45) is 0 Å². The number of benzene rings is 2. The van der Waals surface area contributed by atoms with Crippen LogP contribution in [0.15, 0.2) is 60.9 Å². The molecule has 0 aliphatic carbocycles. The smallest absolute Gasteiger partial charge is 0.119 e. The average Bonchev–Trinajstić information content (AvgIpc) is 2.49. The Hall–Kier alpha value is -2.09. The van der Waals surface area contributed by atoms with E-state index in [1.165, 1.54) is 16.7 Å². The van der Waals surface area contributed by atoms with Gasteiger partial charge in [-0.15, -0.1) is 0 Å². The second-order valence-corrected chi connectivity index (χ2v) is 4.55. The van der Waals surface area contributed by atoms with Crippen LogP contribution in [0.3, 0.4) is 0 Å². The highest BCUT2D eigenvalue weighted by atomic mass is 19.1. The Kier molecular flexibility index (Phi) is 5.36. The minimum atomic E-state index is 0.605. The molecule has 0 aromatic heterocycles. The van der Waals surface area contributed by atoms with Gasteiger partial charge in [0, 0.05) is 0 Å². The molecule has 0 saturated heterocycles. The topological polar surface area (TPSA) is 9.23 Å². The molecule has 104 valence electrons. The predicted molar refractivity (Wildman–Crippen MR) is 81.6 cm³/mol. The standard InChI is InChI=1S/C18H19FO/c1-2-20-18-12-10-17(11-13-18)16-8-6-15(7-9-16)5-3-4-14-19/h4,6-14H,2-3,5H2,1H3/b14-4+. The Labute approximate surface area is 119 Å². The van der Waals surface area contributed by atoms with Crippen molar-refractivity contribution >= 4 is 0 Å². The molecule has 0 saturated carbocycles. The lowest BCUT2D eigenvalue weighted by Gasteiger charge is -2.06. The monoisotopic (exact) mass is 270 g/mol. The lowest BCUT2D eigenvalue weighted by Crippen LogP contribution is -1.90. The highest BCUT2D eigenvalue weighted by Gasteiger charge is 1.99. The average molecular weight is 270 g/mol. The van der Waals surface area contributed by atoms with Crippen LogP contribution in [0, 0.1) is 0 Å². The number of ether oxygens (including phenoxy) is 1. The molecule has 0 amide bonds. The molecule has 0 aliphatic heterocycles. The lowest BCUT2D eigenvalue weighted by atomic mass is 10.0. The van der Waals surface area contributed by atoms with Crippen molar-refractivity contribution in [1.82, 2.24) is 0 Å². The minimum absolute atomic E-state index is 0.605. The predicted octanol–water partition coefficient (Wildman–Crippen LogP) is 5.17. The summed E-state index contributed by atoms with van der Waals surface area (Å²) in [5.74, 6) is 0.894. The molecular weight excluding hydrogens is 251 g/mol. The van der Waals surface area contributed by atoms with Gasteiger partial charge in [-0.3, -0.25) is 0 Å². The summed E-state index contributed by atoms with van der Waals surface area (Å²) in [4.78, 5) is 0. The lowest BCUT2D eigenvalue weighted by molar-refractivity contribution is 0.340. The Balaban J connectivity index is 2.05. The maximum atomic E-state index is 11.9. The van der Waals surface area contributed by atoms with Gasteiger partial charge in [-0.05, 0) is 48.6 Å². The van der Waals surface area contributed by atoms with Crippen molar-refractivity contribution in [3.05, 3.63) is 66.5 Å². The molecule has 0 N–H and O–H groups in total. The largest absolute Gasteiger partial charge is 0.494 e. The number of hydrogen-bond donors (Lipinski definition) is 0. The van der Waals surface area contributed by atoms with E-state index in [1.54, 1.807) is 6.08 Å². The molecular formula is C18H19FO. The third kappa shape index (κ3) is 3.95. The molecule has 0 spiro atoms. The van der Waals surface area contributed by atoms with E-state index in [2.05, 4.69) is 36.4 Å². The maximum Gasteiger partial charge on any atom is 0.119 e. The first kappa shape index (κ1) is 14.3. The van der Waals surface area contributed by atoms with E-state index in [4.69, 9.17) is 4.74 Å². The first-order chi connectivity index (χ1) is 9.83. The molecule has 0 aliphatic rings. The summed E-state index contributed by atoms with van der Waals surface area (Å²) in [5, 5.41) is 0. The van der Waals surface area contributed by atoms with E-state index in [1.807, 2.05) is 19.1 Å².